The highest BCUT2D eigenvalue weighted by Gasteiger charge is 2.25. The molecular weight excluding hydrogens is 136 g/mol. The van der Waals surface area contributed by atoms with Crippen LogP contribution in [0.3, 0.4) is 0 Å². The van der Waals surface area contributed by atoms with Gasteiger partial charge in [0, 0.05) is 20.6 Å². The van der Waals surface area contributed by atoms with E-state index in [0.29, 0.717) is 13.0 Å². The van der Waals surface area contributed by atoms with E-state index >= 15 is 0 Å². The van der Waals surface area contributed by atoms with Crippen LogP contribution in [0.2, 0.25) is 0 Å². The first kappa shape index (κ1) is 9.39. The van der Waals surface area contributed by atoms with Gasteiger partial charge in [-0.1, -0.05) is 0 Å². The monoisotopic (exact) mass is 148 g/mol. The first-order valence-corrected chi connectivity index (χ1v) is 2.99. The van der Waals surface area contributed by atoms with Crippen molar-refractivity contribution in [2.24, 2.45) is 0 Å². The molecule has 1 rings (SSSR count). The molecule has 0 aliphatic carbocycles. The molecule has 4 nitrogen and oxygen atoms in total. The molecule has 4 heteroatoms. The van der Waals surface area contributed by atoms with Gasteiger partial charge in [-0.25, -0.2) is 4.79 Å². The minimum Gasteiger partial charge on any atom is -0.464 e. The summed E-state index contributed by atoms with van der Waals surface area (Å²) in [5.74, 6) is -0.229. The number of esters is 1. The van der Waals surface area contributed by atoms with E-state index in [1.807, 2.05) is 0 Å². The summed E-state index contributed by atoms with van der Waals surface area (Å²) in [5.41, 5.74) is 0. The van der Waals surface area contributed by atoms with Crippen molar-refractivity contribution in [2.45, 2.75) is 12.5 Å². The highest BCUT2D eigenvalue weighted by atomic mass is 16.6. The number of methoxy groups -OCH3 is 1. The Morgan fingerprint density at radius 1 is 1.70 bits per heavy atom. The predicted octanol–water partition coefficient (Wildman–Crippen LogP) is -0.443. The molecule has 1 atom stereocenters. The first-order chi connectivity index (χ1) is 4.84. The Hall–Kier alpha value is -0.610. The van der Waals surface area contributed by atoms with Crippen molar-refractivity contribution in [1.82, 2.24) is 0 Å². The largest absolute Gasteiger partial charge is 0.464 e. The fraction of sp³-hybridized carbons (Fsp3) is 0.833. The van der Waals surface area contributed by atoms with E-state index in [1.54, 1.807) is 0 Å². The quantitative estimate of drug-likeness (QED) is 0.512. The maximum absolute atomic E-state index is 10.5. The van der Waals surface area contributed by atoms with Crippen LogP contribution in [0.25, 0.3) is 0 Å². The molecule has 0 aromatic heterocycles. The van der Waals surface area contributed by atoms with Gasteiger partial charge in [0.2, 0.25) is 0 Å². The zero-order valence-electron chi connectivity index (χ0n) is 6.16. The lowest BCUT2D eigenvalue weighted by atomic mass is 10.3. The number of ether oxygens (including phenoxy) is 2. The van der Waals surface area contributed by atoms with E-state index in [1.165, 1.54) is 7.11 Å². The minimum absolute atomic E-state index is 0.229. The van der Waals surface area contributed by atoms with Crippen molar-refractivity contribution in [3.63, 3.8) is 0 Å². The molecule has 10 heavy (non-hydrogen) atoms. The van der Waals surface area contributed by atoms with E-state index in [0.717, 1.165) is 7.11 Å². The number of hydrogen-bond acceptors (Lipinski definition) is 4. The Labute approximate surface area is 59.7 Å². The van der Waals surface area contributed by atoms with E-state index in [4.69, 9.17) is 9.84 Å². The lowest BCUT2D eigenvalue weighted by Crippen LogP contribution is -2.15. The summed E-state index contributed by atoms with van der Waals surface area (Å²) in [6.07, 6.45) is 0.407. The SMILES string of the molecule is CO.COC1CCOC1=O. The lowest BCUT2D eigenvalue weighted by molar-refractivity contribution is -0.145. The molecule has 1 N–H and O–H groups in total. The maximum atomic E-state index is 10.5. The van der Waals surface area contributed by atoms with Crippen molar-refractivity contribution in [3.8, 4) is 0 Å². The van der Waals surface area contributed by atoms with Crippen LogP contribution in [-0.2, 0) is 14.3 Å². The van der Waals surface area contributed by atoms with Crippen molar-refractivity contribution in [3.05, 3.63) is 0 Å². The fourth-order valence-electron chi connectivity index (χ4n) is 0.691. The van der Waals surface area contributed by atoms with Gasteiger partial charge in [-0.2, -0.15) is 0 Å². The van der Waals surface area contributed by atoms with Crippen LogP contribution in [0, 0.1) is 0 Å². The van der Waals surface area contributed by atoms with E-state index in [2.05, 4.69) is 4.74 Å². The van der Waals surface area contributed by atoms with Crippen molar-refractivity contribution in [1.29, 1.82) is 0 Å². The van der Waals surface area contributed by atoms with Gasteiger partial charge in [-0.05, 0) is 0 Å². The third kappa shape index (κ3) is 2.33. The van der Waals surface area contributed by atoms with Gasteiger partial charge in [-0.15, -0.1) is 0 Å². The second kappa shape index (κ2) is 5.20. The second-order valence-corrected chi connectivity index (χ2v) is 1.68. The molecule has 0 spiro atoms. The van der Waals surface area contributed by atoms with Crippen molar-refractivity contribution < 1.29 is 19.4 Å². The molecule has 0 amide bonds. The van der Waals surface area contributed by atoms with Gasteiger partial charge in [-0.3, -0.25) is 0 Å². The second-order valence-electron chi connectivity index (χ2n) is 1.68. The summed E-state index contributed by atoms with van der Waals surface area (Å²) in [6.45, 7) is 0.511. The molecule has 0 aromatic carbocycles. The number of aliphatic hydroxyl groups is 1. The van der Waals surface area contributed by atoms with E-state index < -0.39 is 0 Å². The van der Waals surface area contributed by atoms with Crippen molar-refractivity contribution in [2.75, 3.05) is 20.8 Å². The fourth-order valence-corrected chi connectivity index (χ4v) is 0.691. The van der Waals surface area contributed by atoms with Crippen LogP contribution in [0.5, 0.6) is 0 Å². The average Bonchev–Trinajstić information content (AvgIpc) is 2.39. The number of hydrogen-bond donors (Lipinski definition) is 1. The number of cyclic esters (lactones) is 1. The standard InChI is InChI=1S/C5H8O3.CH4O/c1-7-4-2-3-8-5(4)6;1-2/h4H,2-3H2,1H3;2H,1H3. The van der Waals surface area contributed by atoms with Gasteiger partial charge in [0.25, 0.3) is 0 Å². The van der Waals surface area contributed by atoms with Gasteiger partial charge >= 0.3 is 5.97 Å². The molecular formula is C6H12O4. The average molecular weight is 148 g/mol. The van der Waals surface area contributed by atoms with Crippen LogP contribution in [-0.4, -0.2) is 38.0 Å². The van der Waals surface area contributed by atoms with Crippen LogP contribution in [0.1, 0.15) is 6.42 Å². The van der Waals surface area contributed by atoms with Gasteiger partial charge in [0.1, 0.15) is 0 Å². The zero-order valence-corrected chi connectivity index (χ0v) is 6.16. The summed E-state index contributed by atoms with van der Waals surface area (Å²) in [4.78, 5) is 10.5. The van der Waals surface area contributed by atoms with Crippen molar-refractivity contribution >= 4 is 5.97 Å². The van der Waals surface area contributed by atoms with Gasteiger partial charge < -0.3 is 14.6 Å². The summed E-state index contributed by atoms with van der Waals surface area (Å²) in [7, 11) is 2.51. The zero-order chi connectivity index (χ0) is 7.98. The van der Waals surface area contributed by atoms with Gasteiger partial charge in [0.15, 0.2) is 6.10 Å². The smallest absolute Gasteiger partial charge is 0.335 e. The van der Waals surface area contributed by atoms with E-state index in [-0.39, 0.29) is 12.1 Å². The Balaban J connectivity index is 0.000000371. The summed E-state index contributed by atoms with van der Waals surface area (Å²) in [5, 5.41) is 7.00. The Bertz CT molecular complexity index is 102. The first-order valence-electron chi connectivity index (χ1n) is 2.99. The van der Waals surface area contributed by atoms with Crippen LogP contribution in [0.4, 0.5) is 0 Å². The number of carbonyl (C=O) groups excluding carboxylic acids is 1. The number of aliphatic hydroxyl groups excluding tert-OH is 1. The maximum Gasteiger partial charge on any atom is 0.335 e. The molecule has 0 saturated carbocycles. The van der Waals surface area contributed by atoms with Gasteiger partial charge in [0.05, 0.1) is 6.61 Å². The number of rotatable bonds is 1. The molecule has 60 valence electrons. The Morgan fingerprint density at radius 2 is 2.30 bits per heavy atom. The minimum atomic E-state index is -0.296. The molecule has 1 heterocycles. The Kier molecular flexibility index (Phi) is 4.88. The third-order valence-electron chi connectivity index (χ3n) is 1.17. The van der Waals surface area contributed by atoms with Crippen LogP contribution < -0.4 is 0 Å². The Morgan fingerprint density at radius 3 is 2.50 bits per heavy atom. The molecule has 0 aromatic rings. The number of carbonyl (C=O) groups is 1. The molecule has 1 saturated heterocycles. The topological polar surface area (TPSA) is 55.8 Å². The lowest BCUT2D eigenvalue weighted by Gasteiger charge is -1.98. The molecule has 0 bridgehead atoms. The predicted molar refractivity (Wildman–Crippen MR) is 34.5 cm³/mol. The highest BCUT2D eigenvalue weighted by Crippen LogP contribution is 2.07. The molecule has 0 radical (unpaired) electrons. The molecule has 1 aliphatic heterocycles. The molecule has 1 fully saturated rings. The third-order valence-corrected chi connectivity index (χ3v) is 1.17. The normalized spacial score (nSPS) is 23.1. The van der Waals surface area contributed by atoms with Crippen LogP contribution >= 0.6 is 0 Å². The summed E-state index contributed by atoms with van der Waals surface area (Å²) >= 11 is 0. The summed E-state index contributed by atoms with van der Waals surface area (Å²) < 4.78 is 9.34. The van der Waals surface area contributed by atoms with Crippen LogP contribution in [0.15, 0.2) is 0 Å². The van der Waals surface area contributed by atoms with E-state index in [9.17, 15) is 4.79 Å². The molecule has 1 unspecified atom stereocenters. The highest BCUT2D eigenvalue weighted by molar-refractivity contribution is 5.76. The molecule has 1 aliphatic rings. The summed E-state index contributed by atoms with van der Waals surface area (Å²) in [6, 6.07) is 0.